The second-order valence-electron chi connectivity index (χ2n) is 6.84. The molecule has 6 nitrogen and oxygen atoms in total. The lowest BCUT2D eigenvalue weighted by Gasteiger charge is -2.16. The van der Waals surface area contributed by atoms with Gasteiger partial charge in [0.05, 0.1) is 12.2 Å². The van der Waals surface area contributed by atoms with E-state index < -0.39 is 11.4 Å². The molecule has 0 aliphatic heterocycles. The fraction of sp³-hybridized carbons (Fsp3) is 0.318. The Morgan fingerprint density at radius 2 is 1.36 bits per heavy atom. The number of amides is 2. The molecule has 1 fully saturated rings. The van der Waals surface area contributed by atoms with Gasteiger partial charge in [-0.25, -0.2) is 4.79 Å². The van der Waals surface area contributed by atoms with Crippen LogP contribution in [-0.2, 0) is 20.7 Å². The number of carbonyl (C=O) groups excluding carboxylic acids is 3. The summed E-state index contributed by atoms with van der Waals surface area (Å²) >= 11 is 0. The van der Waals surface area contributed by atoms with Crippen molar-refractivity contribution in [2.45, 2.75) is 33.1 Å². The number of hydrogen-bond donors (Lipinski definition) is 2. The quantitative estimate of drug-likeness (QED) is 0.565. The van der Waals surface area contributed by atoms with Gasteiger partial charge >= 0.3 is 5.97 Å². The van der Waals surface area contributed by atoms with E-state index >= 15 is 0 Å². The molecule has 0 unspecified atom stereocenters. The first-order valence-corrected chi connectivity index (χ1v) is 9.47. The standard InChI is InChI=1S/C22H24N2O4/c1-3-15-5-9-17(10-6-15)23-20(26)22(13-14-22)21(27)24-18-11-7-16(8-12-18)19(25)28-4-2/h5-12H,3-4,13-14H2,1-2H3,(H,23,26)(H,24,27). The van der Waals surface area contributed by atoms with Crippen LogP contribution in [0.4, 0.5) is 11.4 Å². The highest BCUT2D eigenvalue weighted by atomic mass is 16.5. The lowest BCUT2D eigenvalue weighted by molar-refractivity contribution is -0.131. The second-order valence-corrected chi connectivity index (χ2v) is 6.84. The van der Waals surface area contributed by atoms with Gasteiger partial charge in [0.1, 0.15) is 5.41 Å². The Balaban J connectivity index is 1.62. The van der Waals surface area contributed by atoms with Gasteiger partial charge < -0.3 is 15.4 Å². The van der Waals surface area contributed by atoms with Crippen LogP contribution in [0.25, 0.3) is 0 Å². The van der Waals surface area contributed by atoms with Gasteiger partial charge in [-0.1, -0.05) is 19.1 Å². The first-order valence-electron chi connectivity index (χ1n) is 9.47. The third-order valence-corrected chi connectivity index (χ3v) is 4.89. The van der Waals surface area contributed by atoms with E-state index in [1.807, 2.05) is 24.3 Å². The molecule has 6 heteroatoms. The molecule has 2 amide bonds. The molecule has 0 saturated heterocycles. The van der Waals surface area contributed by atoms with Crippen LogP contribution < -0.4 is 10.6 Å². The zero-order chi connectivity index (χ0) is 20.1. The van der Waals surface area contributed by atoms with E-state index in [1.54, 1.807) is 31.2 Å². The van der Waals surface area contributed by atoms with Crippen molar-refractivity contribution in [3.63, 3.8) is 0 Å². The Morgan fingerprint density at radius 3 is 1.79 bits per heavy atom. The Bertz CT molecular complexity index is 868. The molecule has 146 valence electrons. The van der Waals surface area contributed by atoms with Gasteiger partial charge in [-0.3, -0.25) is 9.59 Å². The SMILES string of the molecule is CCOC(=O)c1ccc(NC(=O)C2(C(=O)Nc3ccc(CC)cc3)CC2)cc1. The summed E-state index contributed by atoms with van der Waals surface area (Å²) < 4.78 is 4.94. The van der Waals surface area contributed by atoms with Crippen LogP contribution in [0.5, 0.6) is 0 Å². The van der Waals surface area contributed by atoms with Crippen molar-refractivity contribution in [2.75, 3.05) is 17.2 Å². The summed E-state index contributed by atoms with van der Waals surface area (Å²) in [6, 6.07) is 14.0. The van der Waals surface area contributed by atoms with Crippen molar-refractivity contribution in [1.82, 2.24) is 0 Å². The normalized spacial score (nSPS) is 14.1. The highest BCUT2D eigenvalue weighted by Crippen LogP contribution is 2.47. The fourth-order valence-electron chi connectivity index (χ4n) is 2.91. The average Bonchev–Trinajstić information content (AvgIpc) is 3.51. The van der Waals surface area contributed by atoms with Crippen molar-refractivity contribution in [3.05, 3.63) is 59.7 Å². The summed E-state index contributed by atoms with van der Waals surface area (Å²) in [5.74, 6) is -1.04. The number of esters is 1. The van der Waals surface area contributed by atoms with E-state index in [0.29, 0.717) is 36.4 Å². The number of benzene rings is 2. The Kier molecular flexibility index (Phi) is 5.78. The van der Waals surface area contributed by atoms with Crippen molar-refractivity contribution in [1.29, 1.82) is 0 Å². The molecule has 28 heavy (non-hydrogen) atoms. The number of rotatable bonds is 7. The van der Waals surface area contributed by atoms with E-state index in [1.165, 1.54) is 5.56 Å². The molecule has 1 aliphatic rings. The van der Waals surface area contributed by atoms with Gasteiger partial charge in [0.2, 0.25) is 11.8 Å². The molecule has 0 radical (unpaired) electrons. The lowest BCUT2D eigenvalue weighted by atomic mass is 10.0. The zero-order valence-electron chi connectivity index (χ0n) is 16.1. The minimum absolute atomic E-state index is 0.294. The summed E-state index contributed by atoms with van der Waals surface area (Å²) in [5, 5.41) is 5.62. The molecule has 1 aliphatic carbocycles. The summed E-state index contributed by atoms with van der Waals surface area (Å²) in [6.07, 6.45) is 1.95. The third kappa shape index (κ3) is 4.22. The van der Waals surface area contributed by atoms with E-state index in [4.69, 9.17) is 4.74 Å². The third-order valence-electron chi connectivity index (χ3n) is 4.89. The van der Waals surface area contributed by atoms with Crippen molar-refractivity contribution in [2.24, 2.45) is 5.41 Å². The summed E-state index contributed by atoms with van der Waals surface area (Å²) in [6.45, 7) is 4.11. The van der Waals surface area contributed by atoms with Gasteiger partial charge in [-0.15, -0.1) is 0 Å². The molecular weight excluding hydrogens is 356 g/mol. The molecule has 0 heterocycles. The van der Waals surface area contributed by atoms with Crippen LogP contribution >= 0.6 is 0 Å². The van der Waals surface area contributed by atoms with Crippen molar-refractivity contribution in [3.8, 4) is 0 Å². The topological polar surface area (TPSA) is 84.5 Å². The average molecular weight is 380 g/mol. The van der Waals surface area contributed by atoms with Gasteiger partial charge in [0.15, 0.2) is 0 Å². The van der Waals surface area contributed by atoms with Gasteiger partial charge in [0.25, 0.3) is 0 Å². The molecule has 0 bridgehead atoms. The summed E-state index contributed by atoms with van der Waals surface area (Å²) in [7, 11) is 0. The molecular formula is C22H24N2O4. The number of anilines is 2. The van der Waals surface area contributed by atoms with Crippen LogP contribution in [0.3, 0.4) is 0 Å². The maximum atomic E-state index is 12.7. The van der Waals surface area contributed by atoms with Crippen molar-refractivity contribution < 1.29 is 19.1 Å². The molecule has 0 atom stereocenters. The van der Waals surface area contributed by atoms with E-state index in [0.717, 1.165) is 6.42 Å². The number of carbonyl (C=O) groups is 3. The molecule has 1 saturated carbocycles. The molecule has 0 spiro atoms. The Labute approximate surface area is 164 Å². The first kappa shape index (κ1) is 19.6. The Hall–Kier alpha value is -3.15. The lowest BCUT2D eigenvalue weighted by Crippen LogP contribution is -2.35. The Morgan fingerprint density at radius 1 is 0.857 bits per heavy atom. The second kappa shape index (κ2) is 8.25. The molecule has 2 aromatic rings. The first-order chi connectivity index (χ1) is 13.5. The van der Waals surface area contributed by atoms with Gasteiger partial charge in [-0.2, -0.15) is 0 Å². The van der Waals surface area contributed by atoms with Crippen LogP contribution in [0, 0.1) is 5.41 Å². The highest BCUT2D eigenvalue weighted by Gasteiger charge is 2.56. The van der Waals surface area contributed by atoms with Crippen LogP contribution in [0.1, 0.15) is 42.6 Å². The monoisotopic (exact) mass is 380 g/mol. The number of ether oxygens (including phenoxy) is 1. The molecule has 2 N–H and O–H groups in total. The molecule has 2 aromatic carbocycles. The number of aryl methyl sites for hydroxylation is 1. The van der Waals surface area contributed by atoms with E-state index in [9.17, 15) is 14.4 Å². The largest absolute Gasteiger partial charge is 0.462 e. The fourth-order valence-corrected chi connectivity index (χ4v) is 2.91. The minimum atomic E-state index is -1.04. The van der Waals surface area contributed by atoms with E-state index in [2.05, 4.69) is 17.6 Å². The van der Waals surface area contributed by atoms with Crippen LogP contribution in [0.2, 0.25) is 0 Å². The predicted molar refractivity (Wildman–Crippen MR) is 107 cm³/mol. The molecule has 0 aromatic heterocycles. The van der Waals surface area contributed by atoms with Crippen LogP contribution in [-0.4, -0.2) is 24.4 Å². The molecule has 3 rings (SSSR count). The van der Waals surface area contributed by atoms with Gasteiger partial charge in [0, 0.05) is 11.4 Å². The maximum Gasteiger partial charge on any atom is 0.338 e. The number of hydrogen-bond acceptors (Lipinski definition) is 4. The summed E-state index contributed by atoms with van der Waals surface area (Å²) in [4.78, 5) is 37.0. The number of nitrogens with one attached hydrogen (secondary N) is 2. The smallest absolute Gasteiger partial charge is 0.338 e. The minimum Gasteiger partial charge on any atom is -0.462 e. The highest BCUT2D eigenvalue weighted by molar-refractivity contribution is 6.16. The van der Waals surface area contributed by atoms with Crippen LogP contribution in [0.15, 0.2) is 48.5 Å². The predicted octanol–water partition coefficient (Wildman–Crippen LogP) is 3.78. The maximum absolute atomic E-state index is 12.7. The van der Waals surface area contributed by atoms with E-state index in [-0.39, 0.29) is 11.8 Å². The zero-order valence-corrected chi connectivity index (χ0v) is 16.1. The summed E-state index contributed by atoms with van der Waals surface area (Å²) in [5.41, 5.74) is 1.77. The van der Waals surface area contributed by atoms with Gasteiger partial charge in [-0.05, 0) is 68.1 Å². The van der Waals surface area contributed by atoms with Crippen molar-refractivity contribution >= 4 is 29.2 Å².